The first kappa shape index (κ1) is 22.7. The second-order valence-corrected chi connectivity index (χ2v) is 7.78. The maximum Gasteiger partial charge on any atom is 0.271 e. The van der Waals surface area contributed by atoms with Gasteiger partial charge in [-0.1, -0.05) is 24.3 Å². The van der Waals surface area contributed by atoms with Crippen molar-refractivity contribution in [1.29, 1.82) is 0 Å². The van der Waals surface area contributed by atoms with Gasteiger partial charge in [0, 0.05) is 24.1 Å². The van der Waals surface area contributed by atoms with Crippen molar-refractivity contribution >= 4 is 40.5 Å². The molecule has 2 N–H and O–H groups in total. The minimum atomic E-state index is -0.392. The van der Waals surface area contributed by atoms with Crippen LogP contribution in [-0.2, 0) is 9.59 Å². The second kappa shape index (κ2) is 9.99. The zero-order valence-corrected chi connectivity index (χ0v) is 18.9. The van der Waals surface area contributed by atoms with Gasteiger partial charge < -0.3 is 15.4 Å². The van der Waals surface area contributed by atoms with Gasteiger partial charge in [0.25, 0.3) is 11.8 Å². The van der Waals surface area contributed by atoms with E-state index in [2.05, 4.69) is 15.7 Å². The Bertz CT molecular complexity index is 1270. The van der Waals surface area contributed by atoms with Crippen LogP contribution in [0.5, 0.6) is 5.75 Å². The summed E-state index contributed by atoms with van der Waals surface area (Å²) in [6.45, 7) is 1.93. The predicted octanol–water partition coefficient (Wildman–Crippen LogP) is 4.38. The van der Waals surface area contributed by atoms with E-state index >= 15 is 0 Å². The van der Waals surface area contributed by atoms with Crippen LogP contribution in [0, 0.1) is 6.92 Å². The van der Waals surface area contributed by atoms with Gasteiger partial charge in [0.15, 0.2) is 0 Å². The Hall–Kier alpha value is -4.46. The molecule has 3 aromatic rings. The first-order valence-electron chi connectivity index (χ1n) is 10.8. The van der Waals surface area contributed by atoms with Crippen LogP contribution in [-0.4, -0.2) is 30.5 Å². The summed E-state index contributed by atoms with van der Waals surface area (Å²) in [6, 6.07) is 21.0. The quantitative estimate of drug-likeness (QED) is 0.575. The van der Waals surface area contributed by atoms with Gasteiger partial charge in [-0.3, -0.25) is 14.4 Å². The fourth-order valence-electron chi connectivity index (χ4n) is 3.53. The Morgan fingerprint density at radius 1 is 0.912 bits per heavy atom. The predicted molar refractivity (Wildman–Crippen MR) is 131 cm³/mol. The number of aryl methyl sites for hydroxylation is 1. The highest BCUT2D eigenvalue weighted by atomic mass is 16.5. The van der Waals surface area contributed by atoms with E-state index < -0.39 is 5.91 Å². The highest BCUT2D eigenvalue weighted by molar-refractivity contribution is 6.44. The lowest BCUT2D eigenvalue weighted by Crippen LogP contribution is -2.36. The maximum atomic E-state index is 12.8. The van der Waals surface area contributed by atoms with Crippen LogP contribution in [0.25, 0.3) is 0 Å². The molecule has 0 atom stereocenters. The van der Waals surface area contributed by atoms with Gasteiger partial charge in [-0.05, 0) is 61.0 Å². The van der Waals surface area contributed by atoms with Gasteiger partial charge in [0.2, 0.25) is 5.91 Å². The van der Waals surface area contributed by atoms with Crippen LogP contribution in [0.1, 0.15) is 28.8 Å². The van der Waals surface area contributed by atoms with Crippen molar-refractivity contribution in [2.45, 2.75) is 19.8 Å². The highest BCUT2D eigenvalue weighted by Gasteiger charge is 2.25. The third-order valence-corrected chi connectivity index (χ3v) is 5.30. The summed E-state index contributed by atoms with van der Waals surface area (Å²) in [5.74, 6) is -0.290. The average Bonchev–Trinajstić information content (AvgIpc) is 2.85. The molecule has 8 heteroatoms. The standard InChI is InChI=1S/C26H24N4O4/c1-17-6-5-7-20(16-17)30-24(31)15-14-22(29-30)26(33)27-19-12-10-18(11-13-19)25(32)28-21-8-3-4-9-23(21)34-2/h3-13,16H,14-15H2,1-2H3,(H,27,33)(H,28,32). The van der Waals surface area contributed by atoms with E-state index in [0.29, 0.717) is 28.4 Å². The second-order valence-electron chi connectivity index (χ2n) is 7.78. The monoisotopic (exact) mass is 456 g/mol. The van der Waals surface area contributed by atoms with Crippen molar-refractivity contribution in [2.75, 3.05) is 22.8 Å². The number of carbonyl (C=O) groups is 3. The number of ether oxygens (including phenoxy) is 1. The van der Waals surface area contributed by atoms with Crippen molar-refractivity contribution in [3.05, 3.63) is 83.9 Å². The number of hydrogen-bond acceptors (Lipinski definition) is 5. The number of anilines is 3. The van der Waals surface area contributed by atoms with Crippen LogP contribution in [0.15, 0.2) is 77.9 Å². The minimum Gasteiger partial charge on any atom is -0.495 e. The molecular formula is C26H24N4O4. The summed E-state index contributed by atoms with van der Waals surface area (Å²) in [5.41, 5.74) is 3.39. The molecule has 0 bridgehead atoms. The molecule has 1 aliphatic rings. The Morgan fingerprint density at radius 2 is 1.68 bits per heavy atom. The summed E-state index contributed by atoms with van der Waals surface area (Å²) in [7, 11) is 1.54. The number of methoxy groups -OCH3 is 1. The molecule has 0 aromatic heterocycles. The van der Waals surface area contributed by atoms with Crippen LogP contribution < -0.4 is 20.4 Å². The van der Waals surface area contributed by atoms with Gasteiger partial charge in [-0.15, -0.1) is 0 Å². The minimum absolute atomic E-state index is 0.160. The van der Waals surface area contributed by atoms with E-state index in [-0.39, 0.29) is 30.4 Å². The number of para-hydroxylation sites is 2. The molecule has 1 heterocycles. The van der Waals surface area contributed by atoms with E-state index in [1.54, 1.807) is 48.5 Å². The number of carbonyl (C=O) groups excluding carboxylic acids is 3. The van der Waals surface area contributed by atoms with Crippen LogP contribution in [0.4, 0.5) is 17.1 Å². The molecule has 34 heavy (non-hydrogen) atoms. The first-order chi connectivity index (χ1) is 16.4. The van der Waals surface area contributed by atoms with Crippen LogP contribution >= 0.6 is 0 Å². The van der Waals surface area contributed by atoms with Gasteiger partial charge in [0.05, 0.1) is 18.5 Å². The smallest absolute Gasteiger partial charge is 0.271 e. The summed E-state index contributed by atoms with van der Waals surface area (Å²) in [5, 5.41) is 11.2. The molecule has 0 saturated carbocycles. The molecule has 172 valence electrons. The highest BCUT2D eigenvalue weighted by Crippen LogP contribution is 2.24. The Labute approximate surface area is 197 Å². The third-order valence-electron chi connectivity index (χ3n) is 5.30. The van der Waals surface area contributed by atoms with Gasteiger partial charge >= 0.3 is 0 Å². The van der Waals surface area contributed by atoms with Crippen molar-refractivity contribution < 1.29 is 19.1 Å². The van der Waals surface area contributed by atoms with Crippen molar-refractivity contribution in [2.24, 2.45) is 5.10 Å². The largest absolute Gasteiger partial charge is 0.495 e. The lowest BCUT2D eigenvalue weighted by molar-refractivity contribution is -0.118. The van der Waals surface area contributed by atoms with Gasteiger partial charge in [-0.25, -0.2) is 5.01 Å². The van der Waals surface area contributed by atoms with Crippen LogP contribution in [0.3, 0.4) is 0 Å². The van der Waals surface area contributed by atoms with E-state index in [4.69, 9.17) is 4.74 Å². The van der Waals surface area contributed by atoms with Gasteiger partial charge in [0.1, 0.15) is 11.5 Å². The number of amides is 3. The molecule has 0 aliphatic carbocycles. The fraction of sp³-hybridized carbons (Fsp3) is 0.154. The average molecular weight is 457 g/mol. The van der Waals surface area contributed by atoms with Crippen molar-refractivity contribution in [3.8, 4) is 5.75 Å². The first-order valence-corrected chi connectivity index (χ1v) is 10.8. The topological polar surface area (TPSA) is 100 Å². The zero-order chi connectivity index (χ0) is 24.1. The molecule has 0 unspecified atom stereocenters. The van der Waals surface area contributed by atoms with E-state index in [0.717, 1.165) is 5.56 Å². The van der Waals surface area contributed by atoms with Crippen molar-refractivity contribution in [1.82, 2.24) is 0 Å². The van der Waals surface area contributed by atoms with E-state index in [9.17, 15) is 14.4 Å². The molecule has 0 radical (unpaired) electrons. The van der Waals surface area contributed by atoms with Gasteiger partial charge in [-0.2, -0.15) is 5.10 Å². The summed E-state index contributed by atoms with van der Waals surface area (Å²) < 4.78 is 5.25. The lowest BCUT2D eigenvalue weighted by Gasteiger charge is -2.23. The zero-order valence-electron chi connectivity index (χ0n) is 18.9. The molecule has 3 amide bonds. The molecule has 8 nitrogen and oxygen atoms in total. The summed E-state index contributed by atoms with van der Waals surface area (Å²) in [6.07, 6.45) is 0.453. The molecule has 0 saturated heterocycles. The number of rotatable bonds is 6. The molecule has 0 spiro atoms. The number of hydrazone groups is 1. The molecule has 1 aliphatic heterocycles. The van der Waals surface area contributed by atoms with E-state index in [1.165, 1.54) is 12.1 Å². The normalized spacial score (nSPS) is 13.2. The number of hydrogen-bond donors (Lipinski definition) is 2. The lowest BCUT2D eigenvalue weighted by atomic mass is 10.1. The fourth-order valence-corrected chi connectivity index (χ4v) is 3.53. The SMILES string of the molecule is COc1ccccc1NC(=O)c1ccc(NC(=O)C2=NN(c3cccc(C)c3)C(=O)CC2)cc1. The number of nitrogens with zero attached hydrogens (tertiary/aromatic N) is 2. The molecule has 3 aromatic carbocycles. The summed E-state index contributed by atoms with van der Waals surface area (Å²) in [4.78, 5) is 37.7. The molecular weight excluding hydrogens is 432 g/mol. The number of benzene rings is 3. The Balaban J connectivity index is 1.43. The molecule has 0 fully saturated rings. The third kappa shape index (κ3) is 5.12. The molecule has 4 rings (SSSR count). The number of nitrogens with one attached hydrogen (secondary N) is 2. The summed E-state index contributed by atoms with van der Waals surface area (Å²) >= 11 is 0. The Kier molecular flexibility index (Phi) is 6.68. The maximum absolute atomic E-state index is 12.8. The Morgan fingerprint density at radius 3 is 2.41 bits per heavy atom. The van der Waals surface area contributed by atoms with Crippen LogP contribution in [0.2, 0.25) is 0 Å². The van der Waals surface area contributed by atoms with E-state index in [1.807, 2.05) is 31.2 Å². The van der Waals surface area contributed by atoms with Crippen molar-refractivity contribution in [3.63, 3.8) is 0 Å².